The predicted octanol–water partition coefficient (Wildman–Crippen LogP) is -0.0787. The lowest BCUT2D eigenvalue weighted by Gasteiger charge is -1.99. The van der Waals surface area contributed by atoms with E-state index in [4.69, 9.17) is 5.53 Å². The lowest BCUT2D eigenvalue weighted by Crippen LogP contribution is -2.29. The minimum Gasteiger partial charge on any atom is -0.465 e. The SMILES string of the molecule is COC(=O)N[N+](C)=[N-]. The van der Waals surface area contributed by atoms with Gasteiger partial charge in [-0.15, -0.1) is 5.53 Å². The van der Waals surface area contributed by atoms with Crippen LogP contribution in [0.15, 0.2) is 0 Å². The lowest BCUT2D eigenvalue weighted by molar-refractivity contribution is -0.566. The molecule has 0 aromatic heterocycles. The second-order valence-electron chi connectivity index (χ2n) is 1.13. The number of nitrogens with one attached hydrogen (secondary N) is 1. The summed E-state index contributed by atoms with van der Waals surface area (Å²) in [6.07, 6.45) is -0.699. The number of nitrogens with zero attached hydrogens (tertiary/aromatic N) is 2. The second kappa shape index (κ2) is 2.95. The van der Waals surface area contributed by atoms with Crippen molar-refractivity contribution in [3.8, 4) is 0 Å². The average Bonchev–Trinajstić information content (AvgIpc) is 1.65. The maximum atomic E-state index is 10.1. The van der Waals surface area contributed by atoms with E-state index in [1.54, 1.807) is 0 Å². The van der Waals surface area contributed by atoms with E-state index in [1.165, 1.54) is 14.2 Å². The first-order chi connectivity index (χ1) is 3.66. The van der Waals surface area contributed by atoms with Gasteiger partial charge in [0.1, 0.15) is 0 Å². The van der Waals surface area contributed by atoms with Crippen molar-refractivity contribution in [2.75, 3.05) is 14.2 Å². The Morgan fingerprint density at radius 3 is 2.50 bits per heavy atom. The average molecular weight is 117 g/mol. The molecule has 0 spiro atoms. The predicted molar refractivity (Wildman–Crippen MR) is 25.1 cm³/mol. The van der Waals surface area contributed by atoms with E-state index in [-0.39, 0.29) is 0 Å². The molecule has 5 heteroatoms. The quantitative estimate of drug-likeness (QED) is 0.296. The summed E-state index contributed by atoms with van der Waals surface area (Å²) >= 11 is 0. The van der Waals surface area contributed by atoms with Gasteiger partial charge in [-0.1, -0.05) is 0 Å². The molecular weight excluding hydrogens is 110 g/mol. The van der Waals surface area contributed by atoms with E-state index < -0.39 is 6.09 Å². The summed E-state index contributed by atoms with van der Waals surface area (Å²) in [5.41, 5.74) is 10.2. The summed E-state index contributed by atoms with van der Waals surface area (Å²) in [6.45, 7) is 0. The van der Waals surface area contributed by atoms with Crippen molar-refractivity contribution in [3.63, 3.8) is 0 Å². The highest BCUT2D eigenvalue weighted by Gasteiger charge is 1.92. The lowest BCUT2D eigenvalue weighted by atomic mass is 11.2. The molecule has 1 N–H and O–H groups in total. The Kier molecular flexibility index (Phi) is 2.53. The highest BCUT2D eigenvalue weighted by molar-refractivity contribution is 5.65. The van der Waals surface area contributed by atoms with E-state index in [0.717, 1.165) is 0 Å². The Labute approximate surface area is 46.7 Å². The third-order valence-electron chi connectivity index (χ3n) is 0.438. The van der Waals surface area contributed by atoms with Gasteiger partial charge in [-0.3, -0.25) is 0 Å². The zero-order valence-electron chi connectivity index (χ0n) is 4.71. The van der Waals surface area contributed by atoms with Gasteiger partial charge in [-0.2, -0.15) is 10.2 Å². The molecule has 0 bridgehead atoms. The standard InChI is InChI=1S/C3H7N3O2/c1-6(4)5-3(7)8-2/h1-2H3,(H,5,7). The van der Waals surface area contributed by atoms with Gasteiger partial charge in [0.25, 0.3) is 0 Å². The van der Waals surface area contributed by atoms with Crippen molar-refractivity contribution < 1.29 is 14.3 Å². The van der Waals surface area contributed by atoms with Gasteiger partial charge < -0.3 is 4.74 Å². The molecule has 0 atom stereocenters. The fourth-order valence-corrected chi connectivity index (χ4v) is 0.178. The molecule has 0 aromatic carbocycles. The van der Waals surface area contributed by atoms with Crippen LogP contribution in [0.3, 0.4) is 0 Å². The number of hydrogen-bond donors (Lipinski definition) is 1. The molecule has 0 saturated heterocycles. The van der Waals surface area contributed by atoms with Crippen molar-refractivity contribution in [1.82, 2.24) is 5.43 Å². The van der Waals surface area contributed by atoms with Crippen LogP contribution in [-0.4, -0.2) is 25.1 Å². The summed E-state index contributed by atoms with van der Waals surface area (Å²) < 4.78 is 4.11. The molecular formula is C3H7N3O2. The third kappa shape index (κ3) is 3.08. The molecule has 46 valence electrons. The second-order valence-corrected chi connectivity index (χ2v) is 1.13. The summed E-state index contributed by atoms with van der Waals surface area (Å²) in [5, 5.41) is 0. The molecule has 0 aliphatic rings. The molecule has 0 unspecified atom stereocenters. The summed E-state index contributed by atoms with van der Waals surface area (Å²) in [6, 6.07) is 0. The first kappa shape index (κ1) is 6.87. The Morgan fingerprint density at radius 1 is 1.88 bits per heavy atom. The van der Waals surface area contributed by atoms with Crippen LogP contribution >= 0.6 is 0 Å². The van der Waals surface area contributed by atoms with E-state index in [9.17, 15) is 4.79 Å². The third-order valence-corrected chi connectivity index (χ3v) is 0.438. The Morgan fingerprint density at radius 2 is 2.38 bits per heavy atom. The Hall–Kier alpha value is -1.13. The first-order valence-corrected chi connectivity index (χ1v) is 1.94. The minimum absolute atomic E-state index is 0.506. The largest absolute Gasteiger partial charge is 0.465 e. The number of hydrazine groups is 1. The van der Waals surface area contributed by atoms with E-state index in [2.05, 4.69) is 4.74 Å². The maximum Gasteiger partial charge on any atom is 0.373 e. The van der Waals surface area contributed by atoms with Crippen LogP contribution in [-0.2, 0) is 4.74 Å². The number of hydrogen-bond acceptors (Lipinski definition) is 2. The molecule has 0 aromatic rings. The zero-order chi connectivity index (χ0) is 6.57. The molecule has 0 aliphatic heterocycles. The minimum atomic E-state index is -0.699. The van der Waals surface area contributed by atoms with Crippen LogP contribution in [0.5, 0.6) is 0 Å². The van der Waals surface area contributed by atoms with Crippen molar-refractivity contribution >= 4 is 6.09 Å². The molecule has 0 fully saturated rings. The highest BCUT2D eigenvalue weighted by atomic mass is 16.5. The van der Waals surface area contributed by atoms with Crippen LogP contribution in [0.2, 0.25) is 0 Å². The first-order valence-electron chi connectivity index (χ1n) is 1.94. The monoisotopic (exact) mass is 117 g/mol. The normalized spacial score (nSPS) is 7.75. The number of amides is 1. The van der Waals surface area contributed by atoms with Crippen LogP contribution in [0.25, 0.3) is 5.53 Å². The molecule has 0 radical (unpaired) electrons. The van der Waals surface area contributed by atoms with Crippen molar-refractivity contribution in [1.29, 1.82) is 0 Å². The van der Waals surface area contributed by atoms with Crippen LogP contribution in [0, 0.1) is 0 Å². The van der Waals surface area contributed by atoms with Gasteiger partial charge in [0, 0.05) is 0 Å². The van der Waals surface area contributed by atoms with E-state index >= 15 is 0 Å². The van der Waals surface area contributed by atoms with Gasteiger partial charge in [-0.05, 0) is 0 Å². The number of methoxy groups -OCH3 is 1. The summed E-state index contributed by atoms with van der Waals surface area (Å²) in [7, 11) is 2.47. The summed E-state index contributed by atoms with van der Waals surface area (Å²) in [5.74, 6) is 0. The molecule has 1 amide bonds. The van der Waals surface area contributed by atoms with E-state index in [1.807, 2.05) is 5.43 Å². The summed E-state index contributed by atoms with van der Waals surface area (Å²) in [4.78, 5) is 10.6. The fraction of sp³-hybridized carbons (Fsp3) is 0.667. The number of rotatable bonds is 1. The molecule has 0 aliphatic carbocycles. The Bertz CT molecular complexity index is 111. The zero-order valence-corrected chi connectivity index (χ0v) is 4.71. The van der Waals surface area contributed by atoms with Gasteiger partial charge in [0.05, 0.1) is 7.11 Å². The molecule has 5 nitrogen and oxygen atoms in total. The topological polar surface area (TPSA) is 63.6 Å². The number of ether oxygens (including phenoxy) is 1. The fourth-order valence-electron chi connectivity index (χ4n) is 0.178. The smallest absolute Gasteiger partial charge is 0.373 e. The van der Waals surface area contributed by atoms with Crippen LogP contribution in [0.1, 0.15) is 0 Å². The molecule has 0 saturated carbocycles. The van der Waals surface area contributed by atoms with Crippen LogP contribution < -0.4 is 5.43 Å². The van der Waals surface area contributed by atoms with E-state index in [0.29, 0.717) is 4.81 Å². The number of carbonyl (C=O) groups is 1. The van der Waals surface area contributed by atoms with Crippen molar-refractivity contribution in [2.45, 2.75) is 0 Å². The van der Waals surface area contributed by atoms with Crippen molar-refractivity contribution in [2.24, 2.45) is 0 Å². The molecule has 0 heterocycles. The Balaban J connectivity index is 3.40. The van der Waals surface area contributed by atoms with Crippen LogP contribution in [0.4, 0.5) is 4.79 Å². The molecule has 8 heavy (non-hydrogen) atoms. The highest BCUT2D eigenvalue weighted by Crippen LogP contribution is 1.67. The van der Waals surface area contributed by atoms with Gasteiger partial charge in [0.2, 0.25) is 0 Å². The molecule has 0 rings (SSSR count). The van der Waals surface area contributed by atoms with Crippen molar-refractivity contribution in [3.05, 3.63) is 5.53 Å². The number of carbonyl (C=O) groups excluding carboxylic acids is 1. The maximum absolute atomic E-state index is 10.1. The van der Waals surface area contributed by atoms with Gasteiger partial charge in [0.15, 0.2) is 7.05 Å². The van der Waals surface area contributed by atoms with Gasteiger partial charge >= 0.3 is 6.09 Å². The van der Waals surface area contributed by atoms with Gasteiger partial charge in [-0.25, -0.2) is 4.79 Å².